The Morgan fingerprint density at radius 2 is 2.00 bits per heavy atom. The summed E-state index contributed by atoms with van der Waals surface area (Å²) in [5.74, 6) is 0.216. The summed E-state index contributed by atoms with van der Waals surface area (Å²) in [6, 6.07) is 14.7. The van der Waals surface area contributed by atoms with Gasteiger partial charge in [0, 0.05) is 42.4 Å². The van der Waals surface area contributed by atoms with E-state index in [1.54, 1.807) is 12.3 Å². The van der Waals surface area contributed by atoms with Crippen molar-refractivity contribution in [2.24, 2.45) is 0 Å². The van der Waals surface area contributed by atoms with Crippen LogP contribution < -0.4 is 4.74 Å². The molecule has 0 saturated carbocycles. The Labute approximate surface area is 169 Å². The maximum absolute atomic E-state index is 13.9. The Kier molecular flexibility index (Phi) is 5.53. The molecule has 29 heavy (non-hydrogen) atoms. The molecule has 4 rings (SSSR count). The van der Waals surface area contributed by atoms with Crippen LogP contribution in [-0.4, -0.2) is 40.8 Å². The molecule has 5 nitrogen and oxygen atoms in total. The first kappa shape index (κ1) is 19.1. The first-order chi connectivity index (χ1) is 14.1. The number of benzene rings is 2. The normalized spacial score (nSPS) is 11.3. The van der Waals surface area contributed by atoms with Crippen molar-refractivity contribution in [1.29, 1.82) is 0 Å². The standard InChI is InChI=1S/C23H23FN4O/c1-28(2)15-22-20-12-17(5-8-21(20)26-27-22)19-7-6-18(24)13-23(19)29-11-9-16-4-3-10-25-14-16/h3-8,10,12-14H,9,11,15H2,1-2H3,(H,26,27). The zero-order valence-electron chi connectivity index (χ0n) is 16.5. The Balaban J connectivity index is 1.62. The molecule has 2 heterocycles. The van der Waals surface area contributed by atoms with E-state index in [1.165, 1.54) is 12.1 Å². The Morgan fingerprint density at radius 3 is 2.79 bits per heavy atom. The van der Waals surface area contributed by atoms with Gasteiger partial charge in [-0.3, -0.25) is 10.1 Å². The monoisotopic (exact) mass is 390 g/mol. The van der Waals surface area contributed by atoms with E-state index in [4.69, 9.17) is 4.74 Å². The second-order valence-electron chi connectivity index (χ2n) is 7.27. The average Bonchev–Trinajstić information content (AvgIpc) is 3.10. The number of aromatic amines is 1. The minimum absolute atomic E-state index is 0.317. The number of nitrogens with zero attached hydrogens (tertiary/aromatic N) is 3. The van der Waals surface area contributed by atoms with Crippen molar-refractivity contribution >= 4 is 10.9 Å². The number of rotatable bonds is 7. The van der Waals surface area contributed by atoms with E-state index in [2.05, 4.69) is 26.1 Å². The molecule has 6 heteroatoms. The van der Waals surface area contributed by atoms with Crippen LogP contribution in [0.4, 0.5) is 4.39 Å². The summed E-state index contributed by atoms with van der Waals surface area (Å²) in [4.78, 5) is 6.19. The van der Waals surface area contributed by atoms with E-state index in [-0.39, 0.29) is 5.82 Å². The van der Waals surface area contributed by atoms with Gasteiger partial charge in [-0.05, 0) is 55.6 Å². The smallest absolute Gasteiger partial charge is 0.130 e. The molecule has 0 atom stereocenters. The molecule has 0 fully saturated rings. The highest BCUT2D eigenvalue weighted by Crippen LogP contribution is 2.33. The van der Waals surface area contributed by atoms with Gasteiger partial charge in [-0.15, -0.1) is 0 Å². The summed E-state index contributed by atoms with van der Waals surface area (Å²) >= 11 is 0. The number of pyridine rings is 1. The van der Waals surface area contributed by atoms with Crippen molar-refractivity contribution in [1.82, 2.24) is 20.1 Å². The fourth-order valence-corrected chi connectivity index (χ4v) is 3.33. The number of hydrogen-bond donors (Lipinski definition) is 1. The van der Waals surface area contributed by atoms with Gasteiger partial charge in [0.05, 0.1) is 17.8 Å². The van der Waals surface area contributed by atoms with Gasteiger partial charge in [-0.2, -0.15) is 5.10 Å². The number of fused-ring (bicyclic) bond motifs is 1. The summed E-state index contributed by atoms with van der Waals surface area (Å²) in [7, 11) is 4.02. The predicted molar refractivity (Wildman–Crippen MR) is 112 cm³/mol. The highest BCUT2D eigenvalue weighted by Gasteiger charge is 2.12. The molecule has 0 radical (unpaired) electrons. The lowest BCUT2D eigenvalue weighted by molar-refractivity contribution is 0.321. The Hall–Kier alpha value is -3.25. The Morgan fingerprint density at radius 1 is 1.10 bits per heavy atom. The fraction of sp³-hybridized carbons (Fsp3) is 0.217. The number of nitrogens with one attached hydrogen (secondary N) is 1. The second kappa shape index (κ2) is 8.41. The van der Waals surface area contributed by atoms with Crippen molar-refractivity contribution in [2.45, 2.75) is 13.0 Å². The van der Waals surface area contributed by atoms with Crippen LogP contribution in [0, 0.1) is 5.82 Å². The molecule has 0 unspecified atom stereocenters. The third-order valence-electron chi connectivity index (χ3n) is 4.73. The van der Waals surface area contributed by atoms with Gasteiger partial charge in [0.1, 0.15) is 11.6 Å². The molecule has 0 aliphatic carbocycles. The fourth-order valence-electron chi connectivity index (χ4n) is 3.33. The van der Waals surface area contributed by atoms with Gasteiger partial charge in [0.2, 0.25) is 0 Å². The third-order valence-corrected chi connectivity index (χ3v) is 4.73. The summed E-state index contributed by atoms with van der Waals surface area (Å²) in [5.41, 5.74) is 4.87. The van der Waals surface area contributed by atoms with E-state index < -0.39 is 0 Å². The topological polar surface area (TPSA) is 54.0 Å². The molecular weight excluding hydrogens is 367 g/mol. The SMILES string of the molecule is CN(C)Cc1n[nH]c2ccc(-c3ccc(F)cc3OCCc3cccnc3)cc12. The van der Waals surface area contributed by atoms with E-state index in [1.807, 2.05) is 44.6 Å². The zero-order chi connectivity index (χ0) is 20.2. The lowest BCUT2D eigenvalue weighted by atomic mass is 10.0. The highest BCUT2D eigenvalue weighted by molar-refractivity contribution is 5.87. The number of ether oxygens (including phenoxy) is 1. The van der Waals surface area contributed by atoms with Crippen LogP contribution in [0.25, 0.3) is 22.0 Å². The molecule has 2 aromatic heterocycles. The maximum atomic E-state index is 13.9. The molecule has 0 aliphatic heterocycles. The van der Waals surface area contributed by atoms with Crippen LogP contribution >= 0.6 is 0 Å². The van der Waals surface area contributed by atoms with Crippen LogP contribution in [0.2, 0.25) is 0 Å². The van der Waals surface area contributed by atoms with E-state index >= 15 is 0 Å². The molecule has 0 aliphatic rings. The molecule has 4 aromatic rings. The number of halogens is 1. The molecule has 0 amide bonds. The van der Waals surface area contributed by atoms with Crippen LogP contribution in [0.15, 0.2) is 60.9 Å². The first-order valence-electron chi connectivity index (χ1n) is 9.53. The first-order valence-corrected chi connectivity index (χ1v) is 9.53. The molecule has 1 N–H and O–H groups in total. The van der Waals surface area contributed by atoms with Gasteiger partial charge in [-0.25, -0.2) is 4.39 Å². The molecule has 0 saturated heterocycles. The van der Waals surface area contributed by atoms with Crippen LogP contribution in [0.5, 0.6) is 5.75 Å². The highest BCUT2D eigenvalue weighted by atomic mass is 19.1. The van der Waals surface area contributed by atoms with E-state index in [0.29, 0.717) is 18.8 Å². The zero-order valence-corrected chi connectivity index (χ0v) is 16.5. The van der Waals surface area contributed by atoms with Crippen LogP contribution in [0.3, 0.4) is 0 Å². The van der Waals surface area contributed by atoms with Crippen molar-refractivity contribution in [3.8, 4) is 16.9 Å². The van der Waals surface area contributed by atoms with E-state index in [9.17, 15) is 4.39 Å². The summed E-state index contributed by atoms with van der Waals surface area (Å²) in [6.07, 6.45) is 4.26. The molecule has 0 spiro atoms. The number of aromatic nitrogens is 3. The lowest BCUT2D eigenvalue weighted by Crippen LogP contribution is -2.11. The van der Waals surface area contributed by atoms with Crippen molar-refractivity contribution in [3.05, 3.63) is 78.0 Å². The average molecular weight is 390 g/mol. The van der Waals surface area contributed by atoms with Crippen LogP contribution in [0.1, 0.15) is 11.3 Å². The van der Waals surface area contributed by atoms with Gasteiger partial charge in [0.25, 0.3) is 0 Å². The van der Waals surface area contributed by atoms with Crippen molar-refractivity contribution in [3.63, 3.8) is 0 Å². The van der Waals surface area contributed by atoms with Crippen molar-refractivity contribution in [2.75, 3.05) is 20.7 Å². The van der Waals surface area contributed by atoms with Crippen LogP contribution in [-0.2, 0) is 13.0 Å². The summed E-state index contributed by atoms with van der Waals surface area (Å²) in [6.45, 7) is 1.18. The molecular formula is C23H23FN4O. The van der Waals surface area contributed by atoms with Gasteiger partial charge >= 0.3 is 0 Å². The van der Waals surface area contributed by atoms with Gasteiger partial charge < -0.3 is 9.64 Å². The molecule has 148 valence electrons. The lowest BCUT2D eigenvalue weighted by Gasteiger charge is -2.13. The molecule has 0 bridgehead atoms. The minimum Gasteiger partial charge on any atom is -0.492 e. The second-order valence-corrected chi connectivity index (χ2v) is 7.27. The van der Waals surface area contributed by atoms with Gasteiger partial charge in [0.15, 0.2) is 0 Å². The van der Waals surface area contributed by atoms with E-state index in [0.717, 1.165) is 39.8 Å². The Bertz CT molecular complexity index is 1110. The van der Waals surface area contributed by atoms with Gasteiger partial charge in [-0.1, -0.05) is 12.1 Å². The quantitative estimate of drug-likeness (QED) is 0.507. The minimum atomic E-state index is -0.317. The predicted octanol–water partition coefficient (Wildman–Crippen LogP) is 4.45. The third kappa shape index (κ3) is 4.43. The van der Waals surface area contributed by atoms with Crippen molar-refractivity contribution < 1.29 is 9.13 Å². The number of H-pyrrole nitrogens is 1. The maximum Gasteiger partial charge on any atom is 0.130 e. The molecule has 2 aromatic carbocycles. The summed E-state index contributed by atoms with van der Waals surface area (Å²) in [5, 5.41) is 8.56. The number of hydrogen-bond acceptors (Lipinski definition) is 4. The summed E-state index contributed by atoms with van der Waals surface area (Å²) < 4.78 is 19.9. The largest absolute Gasteiger partial charge is 0.492 e.